The van der Waals surface area contributed by atoms with E-state index < -0.39 is 17.7 Å². The summed E-state index contributed by atoms with van der Waals surface area (Å²) in [6.07, 6.45) is 5.61. The highest BCUT2D eigenvalue weighted by molar-refractivity contribution is 6.32. The molecule has 0 aliphatic heterocycles. The van der Waals surface area contributed by atoms with Crippen molar-refractivity contribution in [3.05, 3.63) is 106 Å². The average molecular weight is 491 g/mol. The Labute approximate surface area is 205 Å². The molecule has 1 heterocycles. The van der Waals surface area contributed by atoms with Crippen molar-refractivity contribution >= 4 is 45.7 Å². The molecule has 5 rings (SSSR count). The Balaban J connectivity index is 1.76. The lowest BCUT2D eigenvalue weighted by molar-refractivity contribution is -0.131. The van der Waals surface area contributed by atoms with Crippen LogP contribution in [-0.2, 0) is 4.79 Å². The Morgan fingerprint density at radius 2 is 1.77 bits per heavy atom. The number of rotatable bonds is 6. The SMILES string of the molecule is O=C(O)/C=C/c1ccc(/C(=C(\c2ccc(F)cc2Cl)C2CCC2)c2ccc3[nH]nc(F)c3c2)cc1. The Hall–Kier alpha value is -3.77. The van der Waals surface area contributed by atoms with E-state index in [1.54, 1.807) is 18.2 Å². The molecule has 35 heavy (non-hydrogen) atoms. The maximum absolute atomic E-state index is 14.4. The molecule has 1 aliphatic carbocycles. The van der Waals surface area contributed by atoms with Crippen LogP contribution < -0.4 is 0 Å². The van der Waals surface area contributed by atoms with Crippen molar-refractivity contribution in [2.24, 2.45) is 5.92 Å². The van der Waals surface area contributed by atoms with Gasteiger partial charge in [0.1, 0.15) is 5.82 Å². The summed E-state index contributed by atoms with van der Waals surface area (Å²) in [5, 5.41) is 16.0. The van der Waals surface area contributed by atoms with Gasteiger partial charge in [0.15, 0.2) is 0 Å². The fourth-order valence-corrected chi connectivity index (χ4v) is 4.78. The molecule has 2 N–H and O–H groups in total. The van der Waals surface area contributed by atoms with Crippen molar-refractivity contribution in [2.75, 3.05) is 0 Å². The van der Waals surface area contributed by atoms with E-state index in [0.717, 1.165) is 58.7 Å². The third-order valence-corrected chi connectivity index (χ3v) is 6.74. The van der Waals surface area contributed by atoms with E-state index in [2.05, 4.69) is 10.2 Å². The van der Waals surface area contributed by atoms with E-state index in [-0.39, 0.29) is 5.92 Å². The molecule has 176 valence electrons. The minimum Gasteiger partial charge on any atom is -0.478 e. The minimum atomic E-state index is -1.02. The summed E-state index contributed by atoms with van der Waals surface area (Å²) < 4.78 is 28.3. The summed E-state index contributed by atoms with van der Waals surface area (Å²) in [7, 11) is 0. The molecule has 4 nitrogen and oxygen atoms in total. The van der Waals surface area contributed by atoms with Crippen molar-refractivity contribution < 1.29 is 18.7 Å². The van der Waals surface area contributed by atoms with Gasteiger partial charge in [-0.2, -0.15) is 4.39 Å². The highest BCUT2D eigenvalue weighted by atomic mass is 35.5. The molecule has 0 unspecified atom stereocenters. The maximum atomic E-state index is 14.4. The van der Waals surface area contributed by atoms with Crippen LogP contribution in [0, 0.1) is 17.7 Å². The van der Waals surface area contributed by atoms with Crippen molar-refractivity contribution in [3.63, 3.8) is 0 Å². The third-order valence-electron chi connectivity index (χ3n) is 6.43. The number of H-pyrrole nitrogens is 1. The lowest BCUT2D eigenvalue weighted by atomic mass is 9.73. The molecule has 0 saturated heterocycles. The molecule has 0 spiro atoms. The molecule has 0 amide bonds. The zero-order valence-electron chi connectivity index (χ0n) is 18.6. The number of hydrogen-bond donors (Lipinski definition) is 2. The van der Waals surface area contributed by atoms with E-state index in [1.807, 2.05) is 30.3 Å². The number of fused-ring (bicyclic) bond motifs is 1. The molecule has 0 bridgehead atoms. The lowest BCUT2D eigenvalue weighted by Crippen LogP contribution is -2.15. The number of aromatic amines is 1. The summed E-state index contributed by atoms with van der Waals surface area (Å²) in [6.45, 7) is 0. The van der Waals surface area contributed by atoms with Crippen molar-refractivity contribution in [1.82, 2.24) is 10.2 Å². The number of nitrogens with zero attached hydrogens (tertiary/aromatic N) is 1. The standard InChI is InChI=1S/C28H21ClF2N2O2/c29-23-15-20(30)10-11-21(23)27(17-2-1-3-17)26(18-7-4-16(5-8-18)6-13-25(34)35)19-9-12-24-22(14-19)28(31)33-32-24/h4-15,17H,1-3H2,(H,32,33)(H,34,35)/b13-6+,27-26+. The molecular formula is C28H21ClF2N2O2. The minimum absolute atomic E-state index is 0.212. The number of carboxylic acids is 1. The highest BCUT2D eigenvalue weighted by Gasteiger charge is 2.29. The van der Waals surface area contributed by atoms with E-state index >= 15 is 0 Å². The van der Waals surface area contributed by atoms with Crippen LogP contribution in [0.2, 0.25) is 5.02 Å². The second kappa shape index (κ2) is 9.47. The Morgan fingerprint density at radius 1 is 1.03 bits per heavy atom. The third kappa shape index (κ3) is 4.62. The summed E-state index contributed by atoms with van der Waals surface area (Å²) in [6, 6.07) is 17.3. The predicted octanol–water partition coefficient (Wildman–Crippen LogP) is 7.35. The Bertz CT molecular complexity index is 1480. The van der Waals surface area contributed by atoms with Crippen molar-refractivity contribution in [3.8, 4) is 0 Å². The number of hydrogen-bond acceptors (Lipinski definition) is 2. The van der Waals surface area contributed by atoms with Gasteiger partial charge in [0.25, 0.3) is 0 Å². The van der Waals surface area contributed by atoms with Gasteiger partial charge in [0.05, 0.1) is 15.9 Å². The number of nitrogens with one attached hydrogen (secondary N) is 1. The molecule has 0 radical (unpaired) electrons. The molecule has 1 aromatic heterocycles. The monoisotopic (exact) mass is 490 g/mol. The largest absolute Gasteiger partial charge is 0.478 e. The molecule has 1 fully saturated rings. The lowest BCUT2D eigenvalue weighted by Gasteiger charge is -2.32. The van der Waals surface area contributed by atoms with Crippen LogP contribution in [0.4, 0.5) is 8.78 Å². The van der Waals surface area contributed by atoms with E-state index in [9.17, 15) is 13.6 Å². The number of carboxylic acid groups (broad SMARTS) is 1. The van der Waals surface area contributed by atoms with Gasteiger partial charge >= 0.3 is 5.97 Å². The second-order valence-corrected chi connectivity index (χ2v) is 9.02. The number of aromatic nitrogens is 2. The Morgan fingerprint density at radius 3 is 2.43 bits per heavy atom. The van der Waals surface area contributed by atoms with Crippen LogP contribution in [0.1, 0.15) is 41.5 Å². The number of allylic oxidation sites excluding steroid dienone is 1. The van der Waals surface area contributed by atoms with Crippen LogP contribution in [0.5, 0.6) is 0 Å². The first-order valence-electron chi connectivity index (χ1n) is 11.3. The van der Waals surface area contributed by atoms with Crippen molar-refractivity contribution in [1.29, 1.82) is 0 Å². The van der Waals surface area contributed by atoms with Gasteiger partial charge in [-0.3, -0.25) is 5.10 Å². The quantitative estimate of drug-likeness (QED) is 0.219. The van der Waals surface area contributed by atoms with E-state index in [1.165, 1.54) is 18.2 Å². The fourth-order valence-electron chi connectivity index (χ4n) is 4.51. The molecular weight excluding hydrogens is 470 g/mol. The first kappa shape index (κ1) is 23.0. The maximum Gasteiger partial charge on any atom is 0.328 e. The molecule has 0 atom stereocenters. The molecule has 3 aromatic carbocycles. The van der Waals surface area contributed by atoms with Crippen LogP contribution in [-0.4, -0.2) is 21.3 Å². The average Bonchev–Trinajstić information content (AvgIpc) is 3.17. The summed E-state index contributed by atoms with van der Waals surface area (Å²) >= 11 is 6.55. The summed E-state index contributed by atoms with van der Waals surface area (Å²) in [5.74, 6) is -1.81. The van der Waals surface area contributed by atoms with Gasteiger partial charge in [-0.15, -0.1) is 5.10 Å². The molecule has 1 saturated carbocycles. The fraction of sp³-hybridized carbons (Fsp3) is 0.143. The number of benzene rings is 3. The summed E-state index contributed by atoms with van der Waals surface area (Å²) in [4.78, 5) is 10.9. The van der Waals surface area contributed by atoms with Crippen LogP contribution in [0.15, 0.2) is 66.7 Å². The second-order valence-electron chi connectivity index (χ2n) is 8.61. The Kier molecular flexibility index (Phi) is 6.22. The van der Waals surface area contributed by atoms with Gasteiger partial charge in [0, 0.05) is 6.08 Å². The number of carbonyl (C=O) groups is 1. The van der Waals surface area contributed by atoms with Gasteiger partial charge in [0.2, 0.25) is 5.95 Å². The van der Waals surface area contributed by atoms with Gasteiger partial charge in [-0.25, -0.2) is 9.18 Å². The molecule has 1 aliphatic rings. The molecule has 7 heteroatoms. The highest BCUT2D eigenvalue weighted by Crippen LogP contribution is 2.47. The smallest absolute Gasteiger partial charge is 0.328 e. The normalized spacial score (nSPS) is 14.8. The predicted molar refractivity (Wildman–Crippen MR) is 134 cm³/mol. The van der Waals surface area contributed by atoms with Crippen molar-refractivity contribution in [2.45, 2.75) is 19.3 Å². The summed E-state index contributed by atoms with van der Waals surface area (Å²) in [5.41, 5.74) is 5.58. The van der Waals surface area contributed by atoms with Gasteiger partial charge < -0.3 is 5.11 Å². The first-order valence-corrected chi connectivity index (χ1v) is 11.6. The van der Waals surface area contributed by atoms with Gasteiger partial charge in [-0.1, -0.05) is 54.4 Å². The van der Waals surface area contributed by atoms with Crippen LogP contribution in [0.3, 0.4) is 0 Å². The topological polar surface area (TPSA) is 66.0 Å². The van der Waals surface area contributed by atoms with Crippen LogP contribution >= 0.6 is 11.6 Å². The van der Waals surface area contributed by atoms with Crippen LogP contribution in [0.25, 0.3) is 28.1 Å². The van der Waals surface area contributed by atoms with E-state index in [0.29, 0.717) is 15.9 Å². The number of halogens is 3. The number of aliphatic carboxylic acids is 1. The molecule has 4 aromatic rings. The zero-order chi connectivity index (χ0) is 24.5. The first-order chi connectivity index (χ1) is 16.9. The zero-order valence-corrected chi connectivity index (χ0v) is 19.3. The van der Waals surface area contributed by atoms with E-state index in [4.69, 9.17) is 16.7 Å². The van der Waals surface area contributed by atoms with Gasteiger partial charge in [-0.05, 0) is 82.5 Å².